The molecule has 0 bridgehead atoms. The number of esters is 1. The molecule has 0 aliphatic rings. The highest BCUT2D eigenvalue weighted by molar-refractivity contribution is 5.69. The summed E-state index contributed by atoms with van der Waals surface area (Å²) in [7, 11) is 1.14. The van der Waals surface area contributed by atoms with E-state index in [2.05, 4.69) is 4.74 Å². The van der Waals surface area contributed by atoms with E-state index >= 15 is 0 Å². The highest BCUT2D eigenvalue weighted by Crippen LogP contribution is 2.21. The number of ether oxygens (including phenoxy) is 1. The fraction of sp³-hybridized carbons (Fsp3) is 0.333. The van der Waals surface area contributed by atoms with Crippen LogP contribution in [-0.2, 0) is 16.1 Å². The first-order valence-corrected chi connectivity index (χ1v) is 4.53. The topological polar surface area (TPSA) is 112 Å². The number of hydrogen-bond acceptors (Lipinski definition) is 6. The molecule has 0 radical (unpaired) electrons. The third kappa shape index (κ3) is 2.41. The van der Waals surface area contributed by atoms with Crippen molar-refractivity contribution < 1.29 is 19.6 Å². The standard InChI is InChI=1S/C9H10N2O6/c1-5-3-6(12)8(11(15)16)9(14)10(5)4-7(13)17-2/h3,12H,4H2,1-2H3. The summed E-state index contributed by atoms with van der Waals surface area (Å²) in [5.74, 6) is -1.44. The third-order valence-corrected chi connectivity index (χ3v) is 2.16. The summed E-state index contributed by atoms with van der Waals surface area (Å²) >= 11 is 0. The molecule has 0 amide bonds. The van der Waals surface area contributed by atoms with Gasteiger partial charge in [0.2, 0.25) is 5.75 Å². The van der Waals surface area contributed by atoms with Gasteiger partial charge in [-0.2, -0.15) is 0 Å². The second kappa shape index (κ2) is 4.64. The number of hydrogen-bond donors (Lipinski definition) is 1. The van der Waals surface area contributed by atoms with Crippen LogP contribution in [0.15, 0.2) is 10.9 Å². The van der Waals surface area contributed by atoms with E-state index < -0.39 is 34.4 Å². The molecule has 0 aliphatic carbocycles. The van der Waals surface area contributed by atoms with Gasteiger partial charge in [-0.1, -0.05) is 0 Å². The molecule has 1 aromatic heterocycles. The number of carbonyl (C=O) groups is 1. The molecule has 8 heteroatoms. The van der Waals surface area contributed by atoms with Crippen LogP contribution < -0.4 is 5.56 Å². The van der Waals surface area contributed by atoms with Crippen molar-refractivity contribution >= 4 is 11.7 Å². The van der Waals surface area contributed by atoms with Crippen molar-refractivity contribution in [3.8, 4) is 5.75 Å². The molecule has 92 valence electrons. The lowest BCUT2D eigenvalue weighted by Gasteiger charge is -2.08. The van der Waals surface area contributed by atoms with Gasteiger partial charge < -0.3 is 9.84 Å². The fourth-order valence-electron chi connectivity index (χ4n) is 1.30. The molecule has 0 saturated carbocycles. The van der Waals surface area contributed by atoms with Gasteiger partial charge in [-0.05, 0) is 6.92 Å². The first-order chi connectivity index (χ1) is 7.88. The predicted octanol–water partition coefficient (Wildman–Crippen LogP) is -0.0565. The summed E-state index contributed by atoms with van der Waals surface area (Å²) in [5, 5.41) is 19.9. The molecule has 8 nitrogen and oxygen atoms in total. The maximum atomic E-state index is 11.7. The molecule has 1 rings (SSSR count). The highest BCUT2D eigenvalue weighted by atomic mass is 16.6. The lowest BCUT2D eigenvalue weighted by Crippen LogP contribution is -2.28. The smallest absolute Gasteiger partial charge is 0.375 e. The monoisotopic (exact) mass is 242 g/mol. The molecule has 0 aromatic carbocycles. The van der Waals surface area contributed by atoms with Gasteiger partial charge >= 0.3 is 17.2 Å². The van der Waals surface area contributed by atoms with Crippen LogP contribution in [0, 0.1) is 17.0 Å². The van der Waals surface area contributed by atoms with Crippen molar-refractivity contribution in [2.75, 3.05) is 7.11 Å². The minimum atomic E-state index is -1.04. The second-order valence-corrected chi connectivity index (χ2v) is 3.24. The summed E-state index contributed by atoms with van der Waals surface area (Å²) in [6, 6.07) is 1.04. The minimum Gasteiger partial charge on any atom is -0.502 e. The summed E-state index contributed by atoms with van der Waals surface area (Å²) in [5.41, 5.74) is -1.78. The van der Waals surface area contributed by atoms with Crippen molar-refractivity contribution in [2.45, 2.75) is 13.5 Å². The van der Waals surface area contributed by atoms with Crippen molar-refractivity contribution in [3.63, 3.8) is 0 Å². The molecule has 17 heavy (non-hydrogen) atoms. The SMILES string of the molecule is COC(=O)Cn1c(C)cc(O)c([N+](=O)[O-])c1=O. The van der Waals surface area contributed by atoms with E-state index in [1.165, 1.54) is 6.92 Å². The fourth-order valence-corrected chi connectivity index (χ4v) is 1.30. The summed E-state index contributed by atoms with van der Waals surface area (Å²) in [4.78, 5) is 32.3. The number of aromatic nitrogens is 1. The van der Waals surface area contributed by atoms with Gasteiger partial charge in [0.15, 0.2) is 0 Å². The normalized spacial score (nSPS) is 10.0. The summed E-state index contributed by atoms with van der Waals surface area (Å²) in [6.45, 7) is 0.996. The van der Waals surface area contributed by atoms with E-state index in [-0.39, 0.29) is 5.69 Å². The van der Waals surface area contributed by atoms with Gasteiger partial charge in [0.05, 0.1) is 12.0 Å². The van der Waals surface area contributed by atoms with Crippen molar-refractivity contribution in [1.82, 2.24) is 4.57 Å². The Hall–Kier alpha value is -2.38. The first-order valence-electron chi connectivity index (χ1n) is 4.53. The van der Waals surface area contributed by atoms with E-state index in [0.717, 1.165) is 17.7 Å². The maximum absolute atomic E-state index is 11.7. The lowest BCUT2D eigenvalue weighted by atomic mass is 10.3. The van der Waals surface area contributed by atoms with Crippen LogP contribution in [0.4, 0.5) is 5.69 Å². The summed E-state index contributed by atoms with van der Waals surface area (Å²) in [6.07, 6.45) is 0. The Morgan fingerprint density at radius 3 is 2.71 bits per heavy atom. The number of pyridine rings is 1. The average Bonchev–Trinajstić information content (AvgIpc) is 2.22. The Kier molecular flexibility index (Phi) is 3.46. The van der Waals surface area contributed by atoms with E-state index in [4.69, 9.17) is 0 Å². The third-order valence-electron chi connectivity index (χ3n) is 2.16. The zero-order valence-corrected chi connectivity index (χ0v) is 9.17. The van der Waals surface area contributed by atoms with Gasteiger partial charge in [-0.15, -0.1) is 0 Å². The van der Waals surface area contributed by atoms with Crippen molar-refractivity contribution in [1.29, 1.82) is 0 Å². The molecule has 1 aromatic rings. The number of aromatic hydroxyl groups is 1. The molecule has 0 spiro atoms. The van der Waals surface area contributed by atoms with E-state index in [1.807, 2.05) is 0 Å². The molecule has 0 unspecified atom stereocenters. The predicted molar refractivity (Wildman–Crippen MR) is 55.8 cm³/mol. The number of rotatable bonds is 3. The van der Waals surface area contributed by atoms with E-state index in [9.17, 15) is 24.8 Å². The molecule has 1 N–H and O–H groups in total. The lowest BCUT2D eigenvalue weighted by molar-refractivity contribution is -0.387. The van der Waals surface area contributed by atoms with Crippen LogP contribution >= 0.6 is 0 Å². The Balaban J connectivity index is 3.41. The molecular formula is C9H10N2O6. The number of nitro groups is 1. The highest BCUT2D eigenvalue weighted by Gasteiger charge is 2.23. The van der Waals surface area contributed by atoms with E-state index in [1.54, 1.807) is 0 Å². The number of carbonyl (C=O) groups excluding carboxylic acids is 1. The maximum Gasteiger partial charge on any atom is 0.375 e. The second-order valence-electron chi connectivity index (χ2n) is 3.24. The molecular weight excluding hydrogens is 232 g/mol. The van der Waals surface area contributed by atoms with Gasteiger partial charge in [0, 0.05) is 11.8 Å². The van der Waals surface area contributed by atoms with Gasteiger partial charge in [0.1, 0.15) is 6.54 Å². The molecule has 1 heterocycles. The molecule has 0 atom stereocenters. The van der Waals surface area contributed by atoms with Crippen LogP contribution in [0.5, 0.6) is 5.75 Å². The van der Waals surface area contributed by atoms with Crippen molar-refractivity contribution in [3.05, 3.63) is 32.2 Å². The minimum absolute atomic E-state index is 0.225. The Bertz CT molecular complexity index is 533. The zero-order valence-electron chi connectivity index (χ0n) is 9.17. The number of nitrogens with zero attached hydrogens (tertiary/aromatic N) is 2. The van der Waals surface area contributed by atoms with Crippen LogP contribution in [-0.4, -0.2) is 27.7 Å². The van der Waals surface area contributed by atoms with Crippen LogP contribution in [0.3, 0.4) is 0 Å². The first kappa shape index (κ1) is 12.7. The molecule has 0 fully saturated rings. The van der Waals surface area contributed by atoms with E-state index in [0.29, 0.717) is 0 Å². The Morgan fingerprint density at radius 1 is 1.65 bits per heavy atom. The van der Waals surface area contributed by atoms with Crippen LogP contribution in [0.2, 0.25) is 0 Å². The Morgan fingerprint density at radius 2 is 2.24 bits per heavy atom. The van der Waals surface area contributed by atoms with Gasteiger partial charge in [-0.25, -0.2) is 0 Å². The molecule has 0 saturated heterocycles. The van der Waals surface area contributed by atoms with Gasteiger partial charge in [-0.3, -0.25) is 24.3 Å². The van der Waals surface area contributed by atoms with Crippen molar-refractivity contribution in [2.24, 2.45) is 0 Å². The van der Waals surface area contributed by atoms with Crippen LogP contribution in [0.25, 0.3) is 0 Å². The quantitative estimate of drug-likeness (QED) is 0.451. The largest absolute Gasteiger partial charge is 0.502 e. The van der Waals surface area contributed by atoms with Gasteiger partial charge in [0.25, 0.3) is 0 Å². The Labute approximate surface area is 95.2 Å². The summed E-state index contributed by atoms with van der Waals surface area (Å²) < 4.78 is 5.23. The molecule has 0 aliphatic heterocycles. The number of methoxy groups -OCH3 is 1. The zero-order chi connectivity index (χ0) is 13.2. The van der Waals surface area contributed by atoms with Crippen LogP contribution in [0.1, 0.15) is 5.69 Å². The average molecular weight is 242 g/mol. The number of aryl methyl sites for hydroxylation is 1.